The average Bonchev–Trinajstić information content (AvgIpc) is 3.10. The number of hydrogen-bond acceptors (Lipinski definition) is 4. The Morgan fingerprint density at radius 1 is 0.460 bits per heavy atom. The summed E-state index contributed by atoms with van der Waals surface area (Å²) < 4.78 is 5.91. The number of carbonyl (C=O) groups excluding carboxylic acids is 2. The predicted molar refractivity (Wildman–Crippen MR) is 219 cm³/mol. The summed E-state index contributed by atoms with van der Waals surface area (Å²) in [6.07, 6.45) is 38.2. The third-order valence-electron chi connectivity index (χ3n) is 10.7. The molecule has 0 aromatic rings. The maximum absolute atomic E-state index is 13.5. The predicted octanol–water partition coefficient (Wildman–Crippen LogP) is 13.5. The van der Waals surface area contributed by atoms with Crippen LogP contribution in [0.1, 0.15) is 233 Å². The van der Waals surface area contributed by atoms with Crippen molar-refractivity contribution in [1.29, 1.82) is 0 Å². The molecule has 0 rings (SSSR count). The molecule has 0 N–H and O–H groups in total. The highest BCUT2D eigenvalue weighted by atomic mass is 16.5. The van der Waals surface area contributed by atoms with E-state index in [9.17, 15) is 9.59 Å². The van der Waals surface area contributed by atoms with Crippen LogP contribution in [0.15, 0.2) is 0 Å². The molecule has 298 valence electrons. The van der Waals surface area contributed by atoms with Crippen LogP contribution in [-0.4, -0.2) is 61.5 Å². The third-order valence-corrected chi connectivity index (χ3v) is 10.7. The molecule has 50 heavy (non-hydrogen) atoms. The van der Waals surface area contributed by atoms with Crippen LogP contribution >= 0.6 is 0 Å². The topological polar surface area (TPSA) is 49.9 Å². The lowest BCUT2D eigenvalue weighted by Crippen LogP contribution is -2.41. The van der Waals surface area contributed by atoms with Gasteiger partial charge in [0, 0.05) is 25.4 Å². The van der Waals surface area contributed by atoms with Crippen LogP contribution in [0.2, 0.25) is 0 Å². The zero-order valence-corrected chi connectivity index (χ0v) is 35.0. The molecule has 5 nitrogen and oxygen atoms in total. The molecule has 0 aromatic carbocycles. The number of carbonyl (C=O) groups is 2. The Balaban J connectivity index is 4.77. The van der Waals surface area contributed by atoms with Gasteiger partial charge in [-0.05, 0) is 71.5 Å². The van der Waals surface area contributed by atoms with Crippen LogP contribution in [-0.2, 0) is 14.3 Å². The maximum Gasteiger partial charge on any atom is 0.305 e. The smallest absolute Gasteiger partial charge is 0.305 e. The van der Waals surface area contributed by atoms with Crippen LogP contribution in [0.4, 0.5) is 0 Å². The first-order chi connectivity index (χ1) is 24.4. The molecule has 0 bridgehead atoms. The van der Waals surface area contributed by atoms with Gasteiger partial charge in [0.05, 0.1) is 6.61 Å². The molecule has 0 fully saturated rings. The molecule has 0 aliphatic carbocycles. The van der Waals surface area contributed by atoms with Crippen molar-refractivity contribution in [2.75, 3.05) is 33.8 Å². The molecular weight excluding hydrogens is 617 g/mol. The fourth-order valence-electron chi connectivity index (χ4n) is 7.36. The van der Waals surface area contributed by atoms with Gasteiger partial charge < -0.3 is 14.5 Å². The minimum absolute atomic E-state index is 0.00386. The van der Waals surface area contributed by atoms with Crippen LogP contribution in [0.3, 0.4) is 0 Å². The molecule has 1 amide bonds. The van der Waals surface area contributed by atoms with Gasteiger partial charge in [-0.25, -0.2) is 0 Å². The molecule has 0 aliphatic rings. The summed E-state index contributed by atoms with van der Waals surface area (Å²) in [6.45, 7) is 11.6. The van der Waals surface area contributed by atoms with Crippen molar-refractivity contribution in [1.82, 2.24) is 9.80 Å². The van der Waals surface area contributed by atoms with Crippen LogP contribution in [0, 0.1) is 5.92 Å². The Morgan fingerprint density at radius 2 is 0.880 bits per heavy atom. The van der Waals surface area contributed by atoms with Gasteiger partial charge in [-0.2, -0.15) is 0 Å². The Hall–Kier alpha value is -1.10. The second-order valence-corrected chi connectivity index (χ2v) is 16.0. The summed E-state index contributed by atoms with van der Waals surface area (Å²) in [5.74, 6) is 0.888. The van der Waals surface area contributed by atoms with E-state index in [1.807, 2.05) is 0 Å². The first-order valence-electron chi connectivity index (χ1n) is 22.5. The molecule has 5 heteroatoms. The van der Waals surface area contributed by atoms with Crippen molar-refractivity contribution in [3.8, 4) is 0 Å². The standard InChI is InChI=1S/C45H90N2O3/c1-7-11-15-18-21-22-24-28-34-42(33-27-23-19-16-12-8-2)41-50-45(49)38-31-26-29-36-43(35-14-10-4)47(40-32-39-46(5)6)44(48)37-30-25-20-17-13-9-3/h42-43H,7-41H2,1-6H3. The van der Waals surface area contributed by atoms with E-state index in [1.54, 1.807) is 0 Å². The number of rotatable bonds is 39. The molecule has 0 radical (unpaired) electrons. The van der Waals surface area contributed by atoms with Gasteiger partial charge in [0.2, 0.25) is 5.91 Å². The molecule has 0 spiro atoms. The van der Waals surface area contributed by atoms with Crippen molar-refractivity contribution in [2.45, 2.75) is 239 Å². The molecule has 0 saturated carbocycles. The number of ether oxygens (including phenoxy) is 1. The normalized spacial score (nSPS) is 12.8. The zero-order chi connectivity index (χ0) is 36.9. The van der Waals surface area contributed by atoms with E-state index in [0.717, 1.165) is 58.0 Å². The molecule has 0 aromatic heterocycles. The second kappa shape index (κ2) is 37.7. The van der Waals surface area contributed by atoms with Crippen molar-refractivity contribution in [2.24, 2.45) is 5.92 Å². The van der Waals surface area contributed by atoms with Gasteiger partial charge in [0.15, 0.2) is 0 Å². The quantitative estimate of drug-likeness (QED) is 0.0472. The average molecular weight is 707 g/mol. The van der Waals surface area contributed by atoms with Gasteiger partial charge in [0.25, 0.3) is 0 Å². The fraction of sp³-hybridized carbons (Fsp3) is 0.956. The lowest BCUT2D eigenvalue weighted by atomic mass is 9.94. The fourth-order valence-corrected chi connectivity index (χ4v) is 7.36. The zero-order valence-electron chi connectivity index (χ0n) is 35.0. The van der Waals surface area contributed by atoms with E-state index in [1.165, 1.54) is 148 Å². The van der Waals surface area contributed by atoms with Crippen molar-refractivity contribution in [3.05, 3.63) is 0 Å². The van der Waals surface area contributed by atoms with Gasteiger partial charge >= 0.3 is 5.97 Å². The minimum atomic E-state index is -0.00386. The summed E-state index contributed by atoms with van der Waals surface area (Å²) in [5, 5.41) is 0. The highest BCUT2D eigenvalue weighted by molar-refractivity contribution is 5.76. The van der Waals surface area contributed by atoms with E-state index in [-0.39, 0.29) is 5.97 Å². The van der Waals surface area contributed by atoms with Gasteiger partial charge in [-0.3, -0.25) is 9.59 Å². The van der Waals surface area contributed by atoms with E-state index >= 15 is 0 Å². The van der Waals surface area contributed by atoms with E-state index in [4.69, 9.17) is 4.74 Å². The van der Waals surface area contributed by atoms with E-state index in [0.29, 0.717) is 37.3 Å². The molecule has 0 aliphatic heterocycles. The summed E-state index contributed by atoms with van der Waals surface area (Å²) >= 11 is 0. The van der Waals surface area contributed by atoms with Crippen LogP contribution in [0.25, 0.3) is 0 Å². The Kier molecular flexibility index (Phi) is 36.8. The Morgan fingerprint density at radius 3 is 1.40 bits per heavy atom. The highest BCUT2D eigenvalue weighted by Crippen LogP contribution is 2.22. The number of esters is 1. The Bertz CT molecular complexity index is 727. The first kappa shape index (κ1) is 48.9. The van der Waals surface area contributed by atoms with Crippen LogP contribution < -0.4 is 0 Å². The molecule has 2 atom stereocenters. The number of unbranched alkanes of at least 4 members (excludes halogenated alkanes) is 20. The Labute approximate surface area is 314 Å². The maximum atomic E-state index is 13.5. The van der Waals surface area contributed by atoms with Crippen LogP contribution in [0.5, 0.6) is 0 Å². The van der Waals surface area contributed by atoms with E-state index < -0.39 is 0 Å². The summed E-state index contributed by atoms with van der Waals surface area (Å²) in [5.41, 5.74) is 0. The number of nitrogens with zero attached hydrogens (tertiary/aromatic N) is 2. The largest absolute Gasteiger partial charge is 0.465 e. The summed E-state index contributed by atoms with van der Waals surface area (Å²) in [4.78, 5) is 30.8. The molecular formula is C45H90N2O3. The lowest BCUT2D eigenvalue weighted by Gasteiger charge is -2.33. The summed E-state index contributed by atoms with van der Waals surface area (Å²) in [7, 11) is 4.24. The second-order valence-electron chi connectivity index (χ2n) is 16.0. The molecule has 2 unspecified atom stereocenters. The van der Waals surface area contributed by atoms with Crippen molar-refractivity contribution < 1.29 is 14.3 Å². The lowest BCUT2D eigenvalue weighted by molar-refractivity contribution is -0.145. The van der Waals surface area contributed by atoms with Crippen molar-refractivity contribution >= 4 is 11.9 Å². The SMILES string of the molecule is CCCCCCCCCCC(CCCCCCCC)COC(=O)CCCCCC(CCCC)N(CCCN(C)C)C(=O)CCCCCCCC. The van der Waals surface area contributed by atoms with Crippen molar-refractivity contribution in [3.63, 3.8) is 0 Å². The van der Waals surface area contributed by atoms with Gasteiger partial charge in [-0.15, -0.1) is 0 Å². The van der Waals surface area contributed by atoms with Gasteiger partial charge in [0.1, 0.15) is 0 Å². The third kappa shape index (κ3) is 31.6. The highest BCUT2D eigenvalue weighted by Gasteiger charge is 2.23. The van der Waals surface area contributed by atoms with E-state index in [2.05, 4.69) is 51.6 Å². The molecule has 0 saturated heterocycles. The first-order valence-corrected chi connectivity index (χ1v) is 22.5. The van der Waals surface area contributed by atoms with Gasteiger partial charge in [-0.1, -0.05) is 175 Å². The molecule has 0 heterocycles. The number of amides is 1. The number of hydrogen-bond donors (Lipinski definition) is 0. The summed E-state index contributed by atoms with van der Waals surface area (Å²) in [6, 6.07) is 0.329. The monoisotopic (exact) mass is 707 g/mol. The minimum Gasteiger partial charge on any atom is -0.465 e.